The van der Waals surface area contributed by atoms with E-state index in [0.29, 0.717) is 12.6 Å². The maximum absolute atomic E-state index is 4.31. The normalized spacial score (nSPS) is 18.5. The molecule has 25 heavy (non-hydrogen) atoms. The number of hydrogen-bond donors (Lipinski definition) is 2. The average Bonchev–Trinajstić information content (AvgIpc) is 3.25. The van der Waals surface area contributed by atoms with E-state index in [1.54, 1.807) is 13.4 Å². The van der Waals surface area contributed by atoms with Gasteiger partial charge in [0.25, 0.3) is 0 Å². The van der Waals surface area contributed by atoms with E-state index < -0.39 is 0 Å². The van der Waals surface area contributed by atoms with Crippen LogP contribution in [0.2, 0.25) is 0 Å². The average molecular weight is 341 g/mol. The van der Waals surface area contributed by atoms with E-state index in [1.807, 2.05) is 11.6 Å². The zero-order valence-corrected chi connectivity index (χ0v) is 15.0. The molecule has 1 aliphatic rings. The van der Waals surface area contributed by atoms with Gasteiger partial charge in [-0.05, 0) is 24.9 Å². The molecule has 0 radical (unpaired) electrons. The molecule has 2 aromatic rings. The molecule has 7 nitrogen and oxygen atoms in total. The summed E-state index contributed by atoms with van der Waals surface area (Å²) in [7, 11) is 3.73. The molecular formula is C18H27N7. The van der Waals surface area contributed by atoms with E-state index in [-0.39, 0.29) is 0 Å². The van der Waals surface area contributed by atoms with Gasteiger partial charge >= 0.3 is 0 Å². The summed E-state index contributed by atoms with van der Waals surface area (Å²) < 4.78 is 1.90. The van der Waals surface area contributed by atoms with Crippen molar-refractivity contribution in [2.45, 2.75) is 32.0 Å². The Labute approximate surface area is 149 Å². The van der Waals surface area contributed by atoms with Crippen LogP contribution in [0.15, 0.2) is 41.7 Å². The highest BCUT2D eigenvalue weighted by atomic mass is 15.3. The van der Waals surface area contributed by atoms with Crippen LogP contribution in [0, 0.1) is 0 Å². The maximum Gasteiger partial charge on any atom is 0.191 e. The Kier molecular flexibility index (Phi) is 6.00. The molecule has 1 saturated heterocycles. The number of aryl methyl sites for hydroxylation is 1. The molecule has 1 aromatic heterocycles. The standard InChI is InChI=1S/C18H27N7/c1-19-18(21-12-17-23-22-14-24(17)2)20-11-16-9-6-10-25(16)13-15-7-4-3-5-8-15/h3-5,7-8,14,16H,6,9-13H2,1-2H3,(H2,19,20,21). The molecule has 0 bridgehead atoms. The Morgan fingerprint density at radius 2 is 2.12 bits per heavy atom. The number of guanidine groups is 1. The second-order valence-electron chi connectivity index (χ2n) is 6.42. The monoisotopic (exact) mass is 341 g/mol. The van der Waals surface area contributed by atoms with E-state index in [1.165, 1.54) is 18.4 Å². The van der Waals surface area contributed by atoms with Gasteiger partial charge in [-0.2, -0.15) is 0 Å². The van der Waals surface area contributed by atoms with E-state index in [9.17, 15) is 0 Å². The number of hydrogen-bond acceptors (Lipinski definition) is 4. The van der Waals surface area contributed by atoms with Crippen LogP contribution in [0.5, 0.6) is 0 Å². The number of aliphatic imine (C=N–C) groups is 1. The van der Waals surface area contributed by atoms with Crippen LogP contribution in [0.3, 0.4) is 0 Å². The van der Waals surface area contributed by atoms with Crippen molar-refractivity contribution in [3.8, 4) is 0 Å². The van der Waals surface area contributed by atoms with Gasteiger partial charge in [0.2, 0.25) is 0 Å². The van der Waals surface area contributed by atoms with E-state index in [0.717, 1.165) is 31.4 Å². The van der Waals surface area contributed by atoms with Crippen molar-refractivity contribution in [1.82, 2.24) is 30.3 Å². The molecule has 1 unspecified atom stereocenters. The zero-order chi connectivity index (χ0) is 17.5. The first-order valence-electron chi connectivity index (χ1n) is 8.81. The fourth-order valence-electron chi connectivity index (χ4n) is 3.22. The van der Waals surface area contributed by atoms with Gasteiger partial charge in [-0.25, -0.2) is 0 Å². The second-order valence-corrected chi connectivity index (χ2v) is 6.42. The van der Waals surface area contributed by atoms with Crippen LogP contribution in [-0.4, -0.2) is 51.8 Å². The summed E-state index contributed by atoms with van der Waals surface area (Å²) in [5, 5.41) is 14.7. The minimum absolute atomic E-state index is 0.536. The summed E-state index contributed by atoms with van der Waals surface area (Å²) in [4.78, 5) is 6.86. The number of aromatic nitrogens is 3. The lowest BCUT2D eigenvalue weighted by Crippen LogP contribution is -2.44. The largest absolute Gasteiger partial charge is 0.355 e. The molecule has 1 fully saturated rings. The Hall–Kier alpha value is -2.41. The third-order valence-corrected chi connectivity index (χ3v) is 4.68. The minimum atomic E-state index is 0.536. The van der Waals surface area contributed by atoms with Crippen LogP contribution in [-0.2, 0) is 20.1 Å². The number of rotatable bonds is 6. The third-order valence-electron chi connectivity index (χ3n) is 4.68. The van der Waals surface area contributed by atoms with Crippen molar-refractivity contribution in [2.24, 2.45) is 12.0 Å². The molecule has 1 aliphatic heterocycles. The van der Waals surface area contributed by atoms with Crippen LogP contribution < -0.4 is 10.6 Å². The third kappa shape index (κ3) is 4.79. The number of nitrogens with one attached hydrogen (secondary N) is 2. The molecule has 0 saturated carbocycles. The Balaban J connectivity index is 1.48. The van der Waals surface area contributed by atoms with Crippen molar-refractivity contribution in [1.29, 1.82) is 0 Å². The van der Waals surface area contributed by atoms with Crippen molar-refractivity contribution < 1.29 is 0 Å². The maximum atomic E-state index is 4.31. The molecule has 3 rings (SSSR count). The predicted octanol–water partition coefficient (Wildman–Crippen LogP) is 1.14. The number of nitrogens with zero attached hydrogens (tertiary/aromatic N) is 5. The molecule has 0 aliphatic carbocycles. The molecule has 1 aromatic carbocycles. The lowest BCUT2D eigenvalue weighted by molar-refractivity contribution is 0.245. The lowest BCUT2D eigenvalue weighted by Gasteiger charge is -2.25. The van der Waals surface area contributed by atoms with Gasteiger partial charge in [-0.15, -0.1) is 10.2 Å². The van der Waals surface area contributed by atoms with Gasteiger partial charge in [0.1, 0.15) is 6.33 Å². The molecule has 134 valence electrons. The Morgan fingerprint density at radius 3 is 2.84 bits per heavy atom. The summed E-state index contributed by atoms with van der Waals surface area (Å²) in [6.07, 6.45) is 4.18. The smallest absolute Gasteiger partial charge is 0.191 e. The molecule has 1 atom stereocenters. The van der Waals surface area contributed by atoms with Crippen molar-refractivity contribution in [2.75, 3.05) is 20.1 Å². The summed E-state index contributed by atoms with van der Waals surface area (Å²) in [6.45, 7) is 3.67. The SMILES string of the molecule is CN=C(NCc1nncn1C)NCC1CCCN1Cc1ccccc1. The first-order valence-corrected chi connectivity index (χ1v) is 8.81. The van der Waals surface area contributed by atoms with E-state index in [4.69, 9.17) is 0 Å². The highest BCUT2D eigenvalue weighted by Gasteiger charge is 2.24. The highest BCUT2D eigenvalue weighted by Crippen LogP contribution is 2.19. The summed E-state index contributed by atoms with van der Waals surface area (Å²) in [5.41, 5.74) is 1.37. The van der Waals surface area contributed by atoms with Crippen LogP contribution >= 0.6 is 0 Å². The fourth-order valence-corrected chi connectivity index (χ4v) is 3.22. The molecular weight excluding hydrogens is 314 g/mol. The minimum Gasteiger partial charge on any atom is -0.355 e. The van der Waals surface area contributed by atoms with Crippen molar-refractivity contribution in [3.63, 3.8) is 0 Å². The molecule has 2 N–H and O–H groups in total. The van der Waals surface area contributed by atoms with E-state index >= 15 is 0 Å². The number of benzene rings is 1. The highest BCUT2D eigenvalue weighted by molar-refractivity contribution is 5.79. The lowest BCUT2D eigenvalue weighted by atomic mass is 10.2. The van der Waals surface area contributed by atoms with Crippen LogP contribution in [0.1, 0.15) is 24.2 Å². The Bertz CT molecular complexity index is 680. The summed E-state index contributed by atoms with van der Waals surface area (Å²) in [5.74, 6) is 1.68. The van der Waals surface area contributed by atoms with E-state index in [2.05, 4.69) is 61.1 Å². The van der Waals surface area contributed by atoms with Crippen LogP contribution in [0.25, 0.3) is 0 Å². The summed E-state index contributed by atoms with van der Waals surface area (Å²) >= 11 is 0. The second kappa shape index (κ2) is 8.62. The molecule has 2 heterocycles. The van der Waals surface area contributed by atoms with Crippen LogP contribution in [0.4, 0.5) is 0 Å². The number of likely N-dealkylation sites (tertiary alicyclic amines) is 1. The molecule has 0 spiro atoms. The van der Waals surface area contributed by atoms with Gasteiger partial charge in [0.05, 0.1) is 6.54 Å². The first kappa shape index (κ1) is 17.4. The van der Waals surface area contributed by atoms with Gasteiger partial charge in [-0.1, -0.05) is 30.3 Å². The van der Waals surface area contributed by atoms with Crippen molar-refractivity contribution >= 4 is 5.96 Å². The van der Waals surface area contributed by atoms with Gasteiger partial charge in [0.15, 0.2) is 11.8 Å². The fraction of sp³-hybridized carbons (Fsp3) is 0.500. The summed E-state index contributed by atoms with van der Waals surface area (Å²) in [6, 6.07) is 11.2. The first-order chi connectivity index (χ1) is 12.3. The van der Waals surface area contributed by atoms with Gasteiger partial charge in [0, 0.05) is 33.2 Å². The zero-order valence-electron chi connectivity index (χ0n) is 15.0. The van der Waals surface area contributed by atoms with Crippen molar-refractivity contribution in [3.05, 3.63) is 48.0 Å². The topological polar surface area (TPSA) is 70.4 Å². The molecule has 7 heteroatoms. The Morgan fingerprint density at radius 1 is 1.28 bits per heavy atom. The van der Waals surface area contributed by atoms with Gasteiger partial charge < -0.3 is 15.2 Å². The van der Waals surface area contributed by atoms with Gasteiger partial charge in [-0.3, -0.25) is 9.89 Å². The molecule has 0 amide bonds. The quantitative estimate of drug-likeness (QED) is 0.609. The predicted molar refractivity (Wildman–Crippen MR) is 99.1 cm³/mol.